The van der Waals surface area contributed by atoms with E-state index in [1.807, 2.05) is 6.92 Å². The number of carbonyl (C=O) groups is 3. The molecule has 0 aromatic carbocycles. The normalized spacial score (nSPS) is 22.6. The molecule has 2 aromatic rings. The van der Waals surface area contributed by atoms with E-state index in [0.29, 0.717) is 12.2 Å². The van der Waals surface area contributed by atoms with Crippen LogP contribution in [0.2, 0.25) is 0 Å². The molecule has 28 heteroatoms. The summed E-state index contributed by atoms with van der Waals surface area (Å²) in [4.78, 5) is 95.7. The van der Waals surface area contributed by atoms with Crippen LogP contribution in [-0.4, -0.2) is 103 Å². The van der Waals surface area contributed by atoms with Crippen molar-refractivity contribution in [2.45, 2.75) is 71.2 Å². The van der Waals surface area contributed by atoms with Gasteiger partial charge in [0.25, 0.3) is 15.6 Å². The minimum absolute atomic E-state index is 0.00683. The van der Waals surface area contributed by atoms with Gasteiger partial charge in [-0.3, -0.25) is 28.1 Å². The van der Waals surface area contributed by atoms with Gasteiger partial charge in [-0.1, -0.05) is 39.5 Å². The molecule has 1 aliphatic heterocycles. The SMILES string of the molecule is CCC(C)C(=O)SCCNC(=O)CCNC(=O)C(O)C(C)(C)COP(=O)([O-])OP(=O)([O-])OCC1OC(n2cnc3c(N)ncnc32)C(O)C1OP(=O)([O-])[O-]. The lowest BCUT2D eigenvalue weighted by molar-refractivity contribution is -0.347. The number of aromatic nitrogens is 4. The van der Waals surface area contributed by atoms with Gasteiger partial charge < -0.3 is 69.0 Å². The number of aliphatic hydroxyl groups excluding tert-OH is 2. The summed E-state index contributed by atoms with van der Waals surface area (Å²) in [5.41, 5.74) is 4.07. The highest BCUT2D eigenvalue weighted by atomic mass is 32.2. The Bertz CT molecular complexity index is 1780. The number of ether oxygens (including phenoxy) is 1. The van der Waals surface area contributed by atoms with Gasteiger partial charge in [0.05, 0.1) is 27.4 Å². The molecule has 2 aromatic heterocycles. The van der Waals surface area contributed by atoms with Crippen molar-refractivity contribution >= 4 is 69.1 Å². The number of aliphatic hydroxyl groups is 2. The molecule has 0 saturated carbocycles. The Morgan fingerprint density at radius 1 is 1.09 bits per heavy atom. The van der Waals surface area contributed by atoms with E-state index >= 15 is 0 Å². The summed E-state index contributed by atoms with van der Waals surface area (Å²) in [7, 11) is -17.6. The predicted molar refractivity (Wildman–Crippen MR) is 178 cm³/mol. The van der Waals surface area contributed by atoms with Gasteiger partial charge in [-0.2, -0.15) is 0 Å². The summed E-state index contributed by atoms with van der Waals surface area (Å²) in [6, 6.07) is 0. The summed E-state index contributed by atoms with van der Waals surface area (Å²) in [5, 5.41) is 26.2. The van der Waals surface area contributed by atoms with Crippen LogP contribution >= 0.6 is 35.2 Å². The minimum Gasteiger partial charge on any atom is -0.790 e. The number of nitrogens with two attached hydrogens (primary N) is 1. The molecule has 8 atom stereocenters. The molecule has 1 fully saturated rings. The van der Waals surface area contributed by atoms with E-state index in [2.05, 4.69) is 43.5 Å². The first-order chi connectivity index (χ1) is 25.0. The molecule has 24 nitrogen and oxygen atoms in total. The summed E-state index contributed by atoms with van der Waals surface area (Å²) < 4.78 is 60.4. The Morgan fingerprint density at radius 2 is 1.76 bits per heavy atom. The van der Waals surface area contributed by atoms with E-state index in [9.17, 15) is 57.9 Å². The second-order valence-corrected chi connectivity index (χ2v) is 17.6. The number of anilines is 1. The third-order valence-electron chi connectivity index (χ3n) is 7.74. The summed E-state index contributed by atoms with van der Waals surface area (Å²) in [6.45, 7) is 3.81. The van der Waals surface area contributed by atoms with Crippen LogP contribution < -0.4 is 35.9 Å². The zero-order valence-corrected chi connectivity index (χ0v) is 32.7. The van der Waals surface area contributed by atoms with E-state index in [0.717, 1.165) is 29.0 Å². The number of nitrogens with one attached hydrogen (secondary N) is 2. The molecule has 0 radical (unpaired) electrons. The average Bonchev–Trinajstić information content (AvgIpc) is 3.64. The first kappa shape index (κ1) is 45.9. The molecule has 0 aliphatic carbocycles. The average molecular weight is 848 g/mol. The molecular weight excluding hydrogens is 807 g/mol. The highest BCUT2D eigenvalue weighted by Crippen LogP contribution is 2.56. The number of nitrogen functional groups attached to an aromatic ring is 1. The molecule has 54 heavy (non-hydrogen) atoms. The Labute approximate surface area is 312 Å². The quantitative estimate of drug-likeness (QED) is 0.0625. The lowest BCUT2D eigenvalue weighted by atomic mass is 9.87. The van der Waals surface area contributed by atoms with Gasteiger partial charge in [0.15, 0.2) is 22.8 Å². The van der Waals surface area contributed by atoms with Crippen molar-refractivity contribution < 1.29 is 80.5 Å². The van der Waals surface area contributed by atoms with Crippen LogP contribution in [0, 0.1) is 11.3 Å². The Balaban J connectivity index is 1.51. The molecule has 1 aliphatic rings. The molecule has 0 bridgehead atoms. The molecule has 1 saturated heterocycles. The summed E-state index contributed by atoms with van der Waals surface area (Å²) >= 11 is 1.09. The van der Waals surface area contributed by atoms with E-state index in [4.69, 9.17) is 10.5 Å². The van der Waals surface area contributed by atoms with Crippen LogP contribution in [0.4, 0.5) is 5.82 Å². The van der Waals surface area contributed by atoms with E-state index in [1.165, 1.54) is 13.8 Å². The number of imidazole rings is 1. The molecule has 3 heterocycles. The topological polar surface area (TPSA) is 375 Å². The molecular formula is C26H40N7O17P3S-4. The standard InChI is InChI=1S/C26H44N7O17P3S/c1-5-14(2)25(38)54-9-8-28-16(34)6-7-29-23(37)20(36)26(3,4)11-47-53(44,45)50-52(42,43)46-10-15-19(49-51(39,40)41)18(35)24(48-15)33-13-32-17-21(27)30-12-31-22(17)33/h12-15,18-20,24,35-36H,5-11H2,1-4H3,(H,28,34)(H,29,37)(H,42,43)(H,44,45)(H2,27,30,31)(H2,39,40,41)/p-4. The molecule has 0 spiro atoms. The van der Waals surface area contributed by atoms with Crippen LogP contribution in [-0.2, 0) is 50.7 Å². The van der Waals surface area contributed by atoms with Gasteiger partial charge in [0.2, 0.25) is 11.8 Å². The number of thioether (sulfide) groups is 1. The van der Waals surface area contributed by atoms with Crippen molar-refractivity contribution in [3.63, 3.8) is 0 Å². The van der Waals surface area contributed by atoms with Crippen molar-refractivity contribution in [2.75, 3.05) is 37.8 Å². The maximum atomic E-state index is 12.5. The maximum absolute atomic E-state index is 12.5. The zero-order chi connectivity index (χ0) is 40.6. The van der Waals surface area contributed by atoms with Gasteiger partial charge in [0.1, 0.15) is 36.3 Å². The Morgan fingerprint density at radius 3 is 2.41 bits per heavy atom. The third-order valence-corrected chi connectivity index (χ3v) is 11.8. The summed E-state index contributed by atoms with van der Waals surface area (Å²) in [5.74, 6) is -1.28. The van der Waals surface area contributed by atoms with Gasteiger partial charge in [-0.05, 0) is 6.42 Å². The molecule has 306 valence electrons. The number of amides is 2. The van der Waals surface area contributed by atoms with Crippen molar-refractivity contribution in [2.24, 2.45) is 11.3 Å². The first-order valence-electron chi connectivity index (χ1n) is 16.0. The van der Waals surface area contributed by atoms with E-state index in [-0.39, 0.29) is 47.5 Å². The number of nitrogens with zero attached hydrogens (tertiary/aromatic N) is 4. The molecule has 6 N–H and O–H groups in total. The lowest BCUT2D eigenvalue weighted by Gasteiger charge is -2.36. The number of hydrogen-bond acceptors (Lipinski definition) is 22. The van der Waals surface area contributed by atoms with Gasteiger partial charge in [-0.15, -0.1) is 0 Å². The van der Waals surface area contributed by atoms with Crippen LogP contribution in [0.1, 0.15) is 46.8 Å². The zero-order valence-electron chi connectivity index (χ0n) is 29.2. The van der Waals surface area contributed by atoms with Crippen molar-refractivity contribution in [3.05, 3.63) is 12.7 Å². The fraction of sp³-hybridized carbons (Fsp3) is 0.692. The van der Waals surface area contributed by atoms with Crippen LogP contribution in [0.15, 0.2) is 12.7 Å². The third kappa shape index (κ3) is 13.4. The fourth-order valence-electron chi connectivity index (χ4n) is 4.57. The van der Waals surface area contributed by atoms with Crippen molar-refractivity contribution in [3.8, 4) is 0 Å². The maximum Gasteiger partial charge on any atom is 0.274 e. The number of rotatable bonds is 21. The number of fused-ring (bicyclic) bond motifs is 1. The van der Waals surface area contributed by atoms with E-state index in [1.54, 1.807) is 6.92 Å². The number of carbonyl (C=O) groups excluding carboxylic acids is 3. The first-order valence-corrected chi connectivity index (χ1v) is 21.3. The number of hydrogen-bond donors (Lipinski definition) is 5. The van der Waals surface area contributed by atoms with Gasteiger partial charge >= 0.3 is 0 Å². The highest BCUT2D eigenvalue weighted by molar-refractivity contribution is 8.13. The Kier molecular flexibility index (Phi) is 16.3. The van der Waals surface area contributed by atoms with Crippen molar-refractivity contribution in [1.29, 1.82) is 0 Å². The minimum atomic E-state index is -5.91. The van der Waals surface area contributed by atoms with Crippen molar-refractivity contribution in [1.82, 2.24) is 30.2 Å². The smallest absolute Gasteiger partial charge is 0.274 e. The fourth-order valence-corrected chi connectivity index (χ4v) is 8.16. The summed E-state index contributed by atoms with van der Waals surface area (Å²) in [6.07, 6.45) is -6.86. The predicted octanol–water partition coefficient (Wildman–Crippen LogP) is -2.82. The monoisotopic (exact) mass is 847 g/mol. The number of phosphoric acid groups is 3. The van der Waals surface area contributed by atoms with Gasteiger partial charge in [0, 0.05) is 36.6 Å². The lowest BCUT2D eigenvalue weighted by Crippen LogP contribution is -2.46. The van der Waals surface area contributed by atoms with Gasteiger partial charge in [-0.25, -0.2) is 19.3 Å². The largest absolute Gasteiger partial charge is 0.790 e. The number of phosphoric ester groups is 3. The van der Waals surface area contributed by atoms with Crippen LogP contribution in [0.25, 0.3) is 11.2 Å². The van der Waals surface area contributed by atoms with E-state index < -0.39 is 84.6 Å². The van der Waals surface area contributed by atoms with Crippen LogP contribution in [0.3, 0.4) is 0 Å². The molecule has 2 amide bonds. The molecule has 8 unspecified atom stereocenters. The Hall–Kier alpha value is -2.44. The second kappa shape index (κ2) is 19.1. The van der Waals surface area contributed by atoms with Crippen LogP contribution in [0.5, 0.6) is 0 Å². The molecule has 3 rings (SSSR count). The highest BCUT2D eigenvalue weighted by Gasteiger charge is 2.47. The second-order valence-electron chi connectivity index (χ2n) is 12.5.